The molecule has 0 unspecified atom stereocenters. The van der Waals surface area contributed by atoms with Gasteiger partial charge < -0.3 is 5.11 Å². The van der Waals surface area contributed by atoms with Crippen LogP contribution in [-0.4, -0.2) is 13.5 Å². The van der Waals surface area contributed by atoms with Crippen LogP contribution in [0.2, 0.25) is 0 Å². The number of phenols is 1. The van der Waals surface area contributed by atoms with Crippen LogP contribution in [0.4, 0.5) is 0 Å². The molecule has 0 fully saturated rings. The Bertz CT molecular complexity index is 663. The molecule has 0 aromatic heterocycles. The third-order valence-electron chi connectivity index (χ3n) is 2.70. The maximum atomic E-state index is 12.0. The van der Waals surface area contributed by atoms with Crippen molar-refractivity contribution >= 4 is 10.0 Å². The van der Waals surface area contributed by atoms with Gasteiger partial charge in [0.05, 0.1) is 4.90 Å². The summed E-state index contributed by atoms with van der Waals surface area (Å²) in [6.07, 6.45) is 0. The van der Waals surface area contributed by atoms with Gasteiger partial charge in [-0.25, -0.2) is 13.1 Å². The van der Waals surface area contributed by atoms with Gasteiger partial charge in [0.1, 0.15) is 5.75 Å². The van der Waals surface area contributed by atoms with Crippen LogP contribution in [0.25, 0.3) is 0 Å². The maximum absolute atomic E-state index is 12.0. The number of aromatic hydroxyl groups is 1. The molecule has 0 aliphatic heterocycles. The lowest BCUT2D eigenvalue weighted by Crippen LogP contribution is -2.23. The fourth-order valence-corrected chi connectivity index (χ4v) is 2.73. The first-order chi connectivity index (χ1) is 8.97. The highest BCUT2D eigenvalue weighted by Crippen LogP contribution is 2.14. The van der Waals surface area contributed by atoms with Gasteiger partial charge in [-0.05, 0) is 36.8 Å². The van der Waals surface area contributed by atoms with E-state index in [0.717, 1.165) is 11.1 Å². The second kappa shape index (κ2) is 5.42. The summed E-state index contributed by atoms with van der Waals surface area (Å²) in [5.74, 6) is 0.0395. The van der Waals surface area contributed by atoms with Gasteiger partial charge in [-0.15, -0.1) is 0 Å². The third-order valence-corrected chi connectivity index (χ3v) is 4.11. The van der Waals surface area contributed by atoms with Crippen molar-refractivity contribution in [2.24, 2.45) is 0 Å². The SMILES string of the molecule is Cc1cccc(CNS(=O)(=O)c2ccc(O)cc2)c1. The summed E-state index contributed by atoms with van der Waals surface area (Å²) < 4.78 is 26.5. The highest BCUT2D eigenvalue weighted by atomic mass is 32.2. The van der Waals surface area contributed by atoms with E-state index in [1.807, 2.05) is 31.2 Å². The molecule has 0 heterocycles. The van der Waals surface area contributed by atoms with E-state index in [0.29, 0.717) is 0 Å². The van der Waals surface area contributed by atoms with Crippen LogP contribution in [0.5, 0.6) is 5.75 Å². The van der Waals surface area contributed by atoms with Crippen molar-refractivity contribution < 1.29 is 13.5 Å². The van der Waals surface area contributed by atoms with E-state index in [2.05, 4.69) is 4.72 Å². The fraction of sp³-hybridized carbons (Fsp3) is 0.143. The Kier molecular flexibility index (Phi) is 3.87. The zero-order valence-electron chi connectivity index (χ0n) is 10.5. The van der Waals surface area contributed by atoms with Crippen LogP contribution in [0.3, 0.4) is 0 Å². The zero-order valence-corrected chi connectivity index (χ0v) is 11.3. The summed E-state index contributed by atoms with van der Waals surface area (Å²) >= 11 is 0. The van der Waals surface area contributed by atoms with Gasteiger partial charge in [0.2, 0.25) is 10.0 Å². The van der Waals surface area contributed by atoms with Crippen LogP contribution in [0.15, 0.2) is 53.4 Å². The molecule has 5 heteroatoms. The predicted molar refractivity (Wildman–Crippen MR) is 73.3 cm³/mol. The van der Waals surface area contributed by atoms with Crippen molar-refractivity contribution in [2.75, 3.05) is 0 Å². The molecule has 2 N–H and O–H groups in total. The third kappa shape index (κ3) is 3.56. The lowest BCUT2D eigenvalue weighted by Gasteiger charge is -2.07. The topological polar surface area (TPSA) is 66.4 Å². The summed E-state index contributed by atoms with van der Waals surface area (Å²) in [6.45, 7) is 2.20. The Labute approximate surface area is 112 Å². The van der Waals surface area contributed by atoms with Crippen LogP contribution in [0.1, 0.15) is 11.1 Å². The molecule has 2 aromatic rings. The smallest absolute Gasteiger partial charge is 0.240 e. The molecule has 19 heavy (non-hydrogen) atoms. The van der Waals surface area contributed by atoms with E-state index in [-0.39, 0.29) is 17.2 Å². The quantitative estimate of drug-likeness (QED) is 0.900. The largest absolute Gasteiger partial charge is 0.508 e. The standard InChI is InChI=1S/C14H15NO3S/c1-11-3-2-4-12(9-11)10-15-19(17,18)14-7-5-13(16)6-8-14/h2-9,15-16H,10H2,1H3. The number of hydrogen-bond acceptors (Lipinski definition) is 3. The summed E-state index contributed by atoms with van der Waals surface area (Å²) in [5.41, 5.74) is 1.99. The molecule has 0 amide bonds. The fourth-order valence-electron chi connectivity index (χ4n) is 1.71. The van der Waals surface area contributed by atoms with Crippen LogP contribution in [-0.2, 0) is 16.6 Å². The number of phenolic OH excluding ortho intramolecular Hbond substituents is 1. The number of aryl methyl sites for hydroxylation is 1. The normalized spacial score (nSPS) is 11.4. The molecule has 2 rings (SSSR count). The molecule has 0 radical (unpaired) electrons. The molecule has 4 nitrogen and oxygen atoms in total. The molecule has 0 spiro atoms. The molecule has 0 bridgehead atoms. The first-order valence-corrected chi connectivity index (χ1v) is 7.30. The molecular formula is C14H15NO3S. The van der Waals surface area contributed by atoms with Gasteiger partial charge in [0, 0.05) is 6.54 Å². The maximum Gasteiger partial charge on any atom is 0.240 e. The number of hydrogen-bond donors (Lipinski definition) is 2. The summed E-state index contributed by atoms with van der Waals surface area (Å²) in [7, 11) is -3.55. The number of rotatable bonds is 4. The van der Waals surface area contributed by atoms with E-state index >= 15 is 0 Å². The highest BCUT2D eigenvalue weighted by Gasteiger charge is 2.13. The summed E-state index contributed by atoms with van der Waals surface area (Å²) in [5, 5.41) is 9.15. The van der Waals surface area contributed by atoms with Crippen LogP contribution >= 0.6 is 0 Å². The van der Waals surface area contributed by atoms with Gasteiger partial charge in [-0.1, -0.05) is 29.8 Å². The Hall–Kier alpha value is -1.85. The Morgan fingerprint density at radius 1 is 1.11 bits per heavy atom. The Morgan fingerprint density at radius 3 is 2.42 bits per heavy atom. The van der Waals surface area contributed by atoms with Gasteiger partial charge >= 0.3 is 0 Å². The van der Waals surface area contributed by atoms with Crippen molar-refractivity contribution in [3.05, 3.63) is 59.7 Å². The number of benzene rings is 2. The highest BCUT2D eigenvalue weighted by molar-refractivity contribution is 7.89. The second-order valence-corrected chi connectivity index (χ2v) is 6.07. The molecule has 2 aromatic carbocycles. The van der Waals surface area contributed by atoms with Crippen molar-refractivity contribution in [1.82, 2.24) is 4.72 Å². The van der Waals surface area contributed by atoms with E-state index in [9.17, 15) is 8.42 Å². The van der Waals surface area contributed by atoms with Gasteiger partial charge in [0.15, 0.2) is 0 Å². The molecule has 0 saturated heterocycles. The number of sulfonamides is 1. The van der Waals surface area contributed by atoms with Gasteiger partial charge in [0.25, 0.3) is 0 Å². The van der Waals surface area contributed by atoms with Crippen molar-refractivity contribution in [3.63, 3.8) is 0 Å². The van der Waals surface area contributed by atoms with Crippen molar-refractivity contribution in [2.45, 2.75) is 18.4 Å². The molecule has 0 aliphatic rings. The van der Waals surface area contributed by atoms with E-state index in [1.165, 1.54) is 24.3 Å². The minimum atomic E-state index is -3.55. The van der Waals surface area contributed by atoms with E-state index in [4.69, 9.17) is 5.11 Å². The number of nitrogens with one attached hydrogen (secondary N) is 1. The first kappa shape index (κ1) is 13.6. The molecule has 0 atom stereocenters. The zero-order chi connectivity index (χ0) is 13.9. The van der Waals surface area contributed by atoms with E-state index in [1.54, 1.807) is 0 Å². The van der Waals surface area contributed by atoms with Gasteiger partial charge in [-0.3, -0.25) is 0 Å². The predicted octanol–water partition coefficient (Wildman–Crippen LogP) is 2.18. The average molecular weight is 277 g/mol. The lowest BCUT2D eigenvalue weighted by molar-refractivity contribution is 0.474. The molecule has 0 aliphatic carbocycles. The monoisotopic (exact) mass is 277 g/mol. The van der Waals surface area contributed by atoms with Crippen molar-refractivity contribution in [3.8, 4) is 5.75 Å². The minimum Gasteiger partial charge on any atom is -0.508 e. The van der Waals surface area contributed by atoms with Crippen LogP contribution in [0, 0.1) is 6.92 Å². The molecule has 100 valence electrons. The van der Waals surface area contributed by atoms with Gasteiger partial charge in [-0.2, -0.15) is 0 Å². The Balaban J connectivity index is 2.12. The van der Waals surface area contributed by atoms with Crippen LogP contribution < -0.4 is 4.72 Å². The summed E-state index contributed by atoms with van der Waals surface area (Å²) in [6, 6.07) is 13.1. The molecule has 0 saturated carbocycles. The average Bonchev–Trinajstić information content (AvgIpc) is 2.37. The first-order valence-electron chi connectivity index (χ1n) is 5.82. The molecular weight excluding hydrogens is 262 g/mol. The summed E-state index contributed by atoms with van der Waals surface area (Å²) in [4.78, 5) is 0.137. The van der Waals surface area contributed by atoms with E-state index < -0.39 is 10.0 Å². The second-order valence-electron chi connectivity index (χ2n) is 4.31. The minimum absolute atomic E-state index is 0.0395. The lowest BCUT2D eigenvalue weighted by atomic mass is 10.1. The van der Waals surface area contributed by atoms with Crippen molar-refractivity contribution in [1.29, 1.82) is 0 Å². The Morgan fingerprint density at radius 2 is 1.79 bits per heavy atom.